The van der Waals surface area contributed by atoms with Crippen LogP contribution in [-0.2, 0) is 4.79 Å². The molecule has 0 spiro atoms. The molecule has 0 saturated carbocycles. The van der Waals surface area contributed by atoms with E-state index in [4.69, 9.17) is 4.74 Å². The van der Waals surface area contributed by atoms with E-state index in [1.54, 1.807) is 11.3 Å². The van der Waals surface area contributed by atoms with Crippen LogP contribution in [0.3, 0.4) is 0 Å². The number of para-hydroxylation sites is 1. The molecule has 4 nitrogen and oxygen atoms in total. The summed E-state index contributed by atoms with van der Waals surface area (Å²) in [6.07, 6.45) is 3.79. The first-order valence-electron chi connectivity index (χ1n) is 9.38. The summed E-state index contributed by atoms with van der Waals surface area (Å²) < 4.78 is 5.77. The second-order valence-electron chi connectivity index (χ2n) is 6.94. The van der Waals surface area contributed by atoms with Crippen molar-refractivity contribution in [1.82, 2.24) is 10.2 Å². The SMILES string of the molecule is Cc1cccc(C)c1OCC(=O)NC[C@@H](c1cccs1)N1CCCCC1. The van der Waals surface area contributed by atoms with Gasteiger partial charge in [-0.15, -0.1) is 11.3 Å². The zero-order valence-corrected chi connectivity index (χ0v) is 16.5. The first-order valence-corrected chi connectivity index (χ1v) is 10.3. The summed E-state index contributed by atoms with van der Waals surface area (Å²) in [5.41, 5.74) is 2.12. The van der Waals surface area contributed by atoms with E-state index >= 15 is 0 Å². The molecule has 1 fully saturated rings. The van der Waals surface area contributed by atoms with Gasteiger partial charge in [0.1, 0.15) is 5.75 Å². The van der Waals surface area contributed by atoms with Crippen LogP contribution in [0.25, 0.3) is 0 Å². The number of ether oxygens (including phenoxy) is 1. The minimum atomic E-state index is -0.0637. The Hall–Kier alpha value is -1.85. The van der Waals surface area contributed by atoms with Crippen LogP contribution >= 0.6 is 11.3 Å². The molecule has 0 bridgehead atoms. The Morgan fingerprint density at radius 3 is 2.54 bits per heavy atom. The second kappa shape index (κ2) is 9.19. The van der Waals surface area contributed by atoms with Crippen molar-refractivity contribution in [3.05, 3.63) is 51.7 Å². The van der Waals surface area contributed by atoms with Gasteiger partial charge in [-0.25, -0.2) is 0 Å². The highest BCUT2D eigenvalue weighted by Gasteiger charge is 2.23. The lowest BCUT2D eigenvalue weighted by Crippen LogP contribution is -2.41. The lowest BCUT2D eigenvalue weighted by Gasteiger charge is -2.34. The molecule has 1 N–H and O–H groups in total. The van der Waals surface area contributed by atoms with Gasteiger partial charge >= 0.3 is 0 Å². The molecule has 3 rings (SSSR count). The molecule has 140 valence electrons. The van der Waals surface area contributed by atoms with E-state index in [0.717, 1.165) is 30.0 Å². The van der Waals surface area contributed by atoms with Crippen molar-refractivity contribution in [2.75, 3.05) is 26.2 Å². The predicted molar refractivity (Wildman–Crippen MR) is 107 cm³/mol. The van der Waals surface area contributed by atoms with Gasteiger partial charge in [0.05, 0.1) is 6.04 Å². The van der Waals surface area contributed by atoms with Gasteiger partial charge in [0.2, 0.25) is 0 Å². The van der Waals surface area contributed by atoms with Crippen molar-refractivity contribution >= 4 is 17.2 Å². The fraction of sp³-hybridized carbons (Fsp3) is 0.476. The number of benzene rings is 1. The van der Waals surface area contributed by atoms with Crippen LogP contribution in [0.1, 0.15) is 41.3 Å². The third-order valence-electron chi connectivity index (χ3n) is 4.95. The quantitative estimate of drug-likeness (QED) is 0.796. The van der Waals surface area contributed by atoms with Crippen molar-refractivity contribution in [2.24, 2.45) is 0 Å². The fourth-order valence-electron chi connectivity index (χ4n) is 3.55. The second-order valence-corrected chi connectivity index (χ2v) is 7.92. The average Bonchev–Trinajstić information content (AvgIpc) is 3.17. The maximum atomic E-state index is 12.3. The van der Waals surface area contributed by atoms with Crippen molar-refractivity contribution < 1.29 is 9.53 Å². The smallest absolute Gasteiger partial charge is 0.258 e. The van der Waals surface area contributed by atoms with E-state index in [0.29, 0.717) is 6.54 Å². The summed E-state index contributed by atoms with van der Waals surface area (Å²) in [5, 5.41) is 5.19. The Kier molecular flexibility index (Phi) is 6.69. The van der Waals surface area contributed by atoms with Crippen LogP contribution in [0.4, 0.5) is 0 Å². The van der Waals surface area contributed by atoms with Gasteiger partial charge in [-0.1, -0.05) is 30.7 Å². The minimum Gasteiger partial charge on any atom is -0.483 e. The van der Waals surface area contributed by atoms with E-state index in [-0.39, 0.29) is 18.6 Å². The van der Waals surface area contributed by atoms with Crippen LogP contribution in [0.2, 0.25) is 0 Å². The molecular weight excluding hydrogens is 344 g/mol. The molecule has 5 heteroatoms. The van der Waals surface area contributed by atoms with Gasteiger partial charge < -0.3 is 10.1 Å². The molecular formula is C21H28N2O2S. The van der Waals surface area contributed by atoms with Gasteiger partial charge in [-0.3, -0.25) is 9.69 Å². The highest BCUT2D eigenvalue weighted by atomic mass is 32.1. The van der Waals surface area contributed by atoms with Crippen molar-refractivity contribution in [3.63, 3.8) is 0 Å². The molecule has 0 unspecified atom stereocenters. The molecule has 2 aromatic rings. The van der Waals surface area contributed by atoms with Gasteiger partial charge in [-0.05, 0) is 62.4 Å². The minimum absolute atomic E-state index is 0.0584. The number of nitrogens with zero attached hydrogens (tertiary/aromatic N) is 1. The van der Waals surface area contributed by atoms with E-state index in [9.17, 15) is 4.79 Å². The molecule has 0 aliphatic carbocycles. The lowest BCUT2D eigenvalue weighted by atomic mass is 10.1. The number of carbonyl (C=O) groups is 1. The van der Waals surface area contributed by atoms with Crippen LogP contribution in [0, 0.1) is 13.8 Å². The van der Waals surface area contributed by atoms with Crippen LogP contribution in [-0.4, -0.2) is 37.0 Å². The van der Waals surface area contributed by atoms with E-state index in [2.05, 4.69) is 27.7 Å². The van der Waals surface area contributed by atoms with Gasteiger partial charge in [0.15, 0.2) is 6.61 Å². The molecule has 1 aromatic carbocycles. The maximum Gasteiger partial charge on any atom is 0.258 e. The normalized spacial score (nSPS) is 16.2. The number of nitrogens with one attached hydrogen (secondary N) is 1. The van der Waals surface area contributed by atoms with E-state index < -0.39 is 0 Å². The molecule has 1 aromatic heterocycles. The Labute approximate surface area is 160 Å². The number of piperidine rings is 1. The topological polar surface area (TPSA) is 41.6 Å². The number of hydrogen-bond acceptors (Lipinski definition) is 4. The predicted octanol–water partition coefficient (Wildman–Crippen LogP) is 4.09. The Morgan fingerprint density at radius 2 is 1.88 bits per heavy atom. The Morgan fingerprint density at radius 1 is 1.15 bits per heavy atom. The lowest BCUT2D eigenvalue weighted by molar-refractivity contribution is -0.123. The summed E-state index contributed by atoms with van der Waals surface area (Å²) in [6.45, 7) is 6.92. The van der Waals surface area contributed by atoms with Crippen molar-refractivity contribution in [1.29, 1.82) is 0 Å². The molecule has 1 atom stereocenters. The highest BCUT2D eigenvalue weighted by molar-refractivity contribution is 7.10. The third-order valence-corrected chi connectivity index (χ3v) is 5.93. The first-order chi connectivity index (χ1) is 12.6. The zero-order valence-electron chi connectivity index (χ0n) is 15.7. The van der Waals surface area contributed by atoms with Gasteiger partial charge in [0, 0.05) is 11.4 Å². The molecule has 1 aliphatic rings. The standard InChI is InChI=1S/C21H28N2O2S/c1-16-8-6-9-17(2)21(16)25-15-20(24)22-14-18(19-10-7-13-26-19)23-11-4-3-5-12-23/h6-10,13,18H,3-5,11-12,14-15H2,1-2H3,(H,22,24)/t18-/m0/s1. The third kappa shape index (κ3) is 4.86. The van der Waals surface area contributed by atoms with E-state index in [1.807, 2.05) is 32.0 Å². The van der Waals surface area contributed by atoms with Crippen molar-refractivity contribution in [2.45, 2.75) is 39.2 Å². The van der Waals surface area contributed by atoms with E-state index in [1.165, 1.54) is 24.1 Å². The number of thiophene rings is 1. The number of amides is 1. The van der Waals surface area contributed by atoms with Crippen molar-refractivity contribution in [3.8, 4) is 5.75 Å². The molecule has 1 aliphatic heterocycles. The number of aryl methyl sites for hydroxylation is 2. The Balaban J connectivity index is 1.55. The Bertz CT molecular complexity index is 689. The highest BCUT2D eigenvalue weighted by Crippen LogP contribution is 2.27. The summed E-state index contributed by atoms with van der Waals surface area (Å²) >= 11 is 1.77. The summed E-state index contributed by atoms with van der Waals surface area (Å²) in [7, 11) is 0. The molecule has 0 radical (unpaired) electrons. The summed E-state index contributed by atoms with van der Waals surface area (Å²) in [5.74, 6) is 0.750. The summed E-state index contributed by atoms with van der Waals surface area (Å²) in [6, 6.07) is 10.5. The largest absolute Gasteiger partial charge is 0.483 e. The fourth-order valence-corrected chi connectivity index (χ4v) is 4.41. The van der Waals surface area contributed by atoms with Gasteiger partial charge in [0.25, 0.3) is 5.91 Å². The number of rotatable bonds is 7. The van der Waals surface area contributed by atoms with Gasteiger partial charge in [-0.2, -0.15) is 0 Å². The monoisotopic (exact) mass is 372 g/mol. The molecule has 2 heterocycles. The van der Waals surface area contributed by atoms with Crippen LogP contribution in [0.5, 0.6) is 5.75 Å². The molecule has 1 saturated heterocycles. The van der Waals surface area contributed by atoms with Crippen LogP contribution < -0.4 is 10.1 Å². The zero-order chi connectivity index (χ0) is 18.4. The first kappa shape index (κ1) is 18.9. The number of carbonyl (C=O) groups excluding carboxylic acids is 1. The molecule has 1 amide bonds. The average molecular weight is 373 g/mol. The molecule has 26 heavy (non-hydrogen) atoms. The van der Waals surface area contributed by atoms with Crippen LogP contribution in [0.15, 0.2) is 35.7 Å². The summed E-state index contributed by atoms with van der Waals surface area (Å²) in [4.78, 5) is 16.2. The number of likely N-dealkylation sites (tertiary alicyclic amines) is 1. The maximum absolute atomic E-state index is 12.3. The number of hydrogen-bond donors (Lipinski definition) is 1.